The Morgan fingerprint density at radius 1 is 1.05 bits per heavy atom. The van der Waals surface area contributed by atoms with Crippen molar-refractivity contribution in [2.75, 3.05) is 19.0 Å². The van der Waals surface area contributed by atoms with Crippen LogP contribution < -0.4 is 14.9 Å². The SMILES string of the molecule is CCCOc1ccc(/C=N\NC(=O)c2ccc([C@H]3SCC(=O)N3Cc3ccccc3)cc2)cc1OCC. The minimum absolute atomic E-state index is 0.0772. The van der Waals surface area contributed by atoms with Gasteiger partial charge in [-0.25, -0.2) is 5.43 Å². The highest BCUT2D eigenvalue weighted by molar-refractivity contribution is 8.00. The number of amides is 2. The van der Waals surface area contributed by atoms with Gasteiger partial charge in [0.15, 0.2) is 11.5 Å². The molecule has 0 saturated carbocycles. The van der Waals surface area contributed by atoms with E-state index in [4.69, 9.17) is 9.47 Å². The molecule has 7 nitrogen and oxygen atoms in total. The number of hydrogen-bond acceptors (Lipinski definition) is 6. The summed E-state index contributed by atoms with van der Waals surface area (Å²) in [5, 5.41) is 4.02. The molecule has 3 aromatic rings. The van der Waals surface area contributed by atoms with Gasteiger partial charge in [0.2, 0.25) is 5.91 Å². The van der Waals surface area contributed by atoms with Gasteiger partial charge in [0, 0.05) is 12.1 Å². The van der Waals surface area contributed by atoms with Gasteiger partial charge in [-0.15, -0.1) is 11.8 Å². The predicted molar refractivity (Wildman–Crippen MR) is 147 cm³/mol. The second-order valence-electron chi connectivity index (χ2n) is 8.48. The van der Waals surface area contributed by atoms with Crippen molar-refractivity contribution in [3.05, 3.63) is 95.1 Å². The molecule has 3 aromatic carbocycles. The van der Waals surface area contributed by atoms with Gasteiger partial charge in [-0.3, -0.25) is 9.59 Å². The van der Waals surface area contributed by atoms with Crippen LogP contribution in [0.25, 0.3) is 0 Å². The van der Waals surface area contributed by atoms with E-state index in [1.807, 2.05) is 79.4 Å². The van der Waals surface area contributed by atoms with E-state index >= 15 is 0 Å². The van der Waals surface area contributed by atoms with E-state index in [1.54, 1.807) is 30.1 Å². The first-order valence-electron chi connectivity index (χ1n) is 12.4. The fraction of sp³-hybridized carbons (Fsp3) is 0.276. The van der Waals surface area contributed by atoms with Gasteiger partial charge in [-0.05, 0) is 60.4 Å². The minimum atomic E-state index is -0.313. The van der Waals surface area contributed by atoms with Crippen LogP contribution in [0.15, 0.2) is 77.9 Å². The molecule has 2 amide bonds. The first-order chi connectivity index (χ1) is 18.1. The molecule has 1 aliphatic heterocycles. The summed E-state index contributed by atoms with van der Waals surface area (Å²) in [6.07, 6.45) is 2.48. The van der Waals surface area contributed by atoms with E-state index in [2.05, 4.69) is 10.5 Å². The smallest absolute Gasteiger partial charge is 0.271 e. The molecule has 0 radical (unpaired) electrons. The molecule has 1 saturated heterocycles. The zero-order valence-electron chi connectivity index (χ0n) is 21.1. The molecule has 192 valence electrons. The van der Waals surface area contributed by atoms with Crippen molar-refractivity contribution in [1.29, 1.82) is 0 Å². The maximum atomic E-state index is 12.6. The highest BCUT2D eigenvalue weighted by atomic mass is 32.2. The lowest BCUT2D eigenvalue weighted by atomic mass is 10.1. The minimum Gasteiger partial charge on any atom is -0.490 e. The van der Waals surface area contributed by atoms with Crippen molar-refractivity contribution in [3.8, 4) is 11.5 Å². The van der Waals surface area contributed by atoms with Gasteiger partial charge in [0.1, 0.15) is 5.37 Å². The van der Waals surface area contributed by atoms with E-state index in [1.165, 1.54) is 0 Å². The Balaban J connectivity index is 1.37. The number of nitrogens with one attached hydrogen (secondary N) is 1. The summed E-state index contributed by atoms with van der Waals surface area (Å²) in [5.74, 6) is 1.59. The third-order valence-electron chi connectivity index (χ3n) is 5.73. The molecule has 1 heterocycles. The molecule has 0 aliphatic carbocycles. The summed E-state index contributed by atoms with van der Waals surface area (Å²) < 4.78 is 11.4. The highest BCUT2D eigenvalue weighted by Crippen LogP contribution is 2.39. The molecule has 0 unspecified atom stereocenters. The third-order valence-corrected chi connectivity index (χ3v) is 6.99. The van der Waals surface area contributed by atoms with Gasteiger partial charge in [0.25, 0.3) is 5.91 Å². The Kier molecular flexibility index (Phi) is 9.21. The summed E-state index contributed by atoms with van der Waals surface area (Å²) >= 11 is 1.60. The molecular weight excluding hydrogens is 486 g/mol. The predicted octanol–water partition coefficient (Wildman–Crippen LogP) is 5.41. The number of thioether (sulfide) groups is 1. The van der Waals surface area contributed by atoms with Crippen molar-refractivity contribution in [2.24, 2.45) is 5.10 Å². The summed E-state index contributed by atoms with van der Waals surface area (Å²) in [6, 6.07) is 22.8. The van der Waals surface area contributed by atoms with Crippen LogP contribution in [0.2, 0.25) is 0 Å². The monoisotopic (exact) mass is 517 g/mol. The van der Waals surface area contributed by atoms with Crippen LogP contribution >= 0.6 is 11.8 Å². The van der Waals surface area contributed by atoms with E-state index in [9.17, 15) is 9.59 Å². The number of hydrazone groups is 1. The number of benzene rings is 3. The number of carbonyl (C=O) groups is 2. The summed E-state index contributed by atoms with van der Waals surface area (Å²) in [7, 11) is 0. The Morgan fingerprint density at radius 2 is 1.84 bits per heavy atom. The van der Waals surface area contributed by atoms with Crippen molar-refractivity contribution >= 4 is 29.8 Å². The van der Waals surface area contributed by atoms with E-state index in [0.29, 0.717) is 42.6 Å². The van der Waals surface area contributed by atoms with E-state index in [-0.39, 0.29) is 17.2 Å². The average Bonchev–Trinajstić information content (AvgIpc) is 3.28. The standard InChI is InChI=1S/C29H31N3O4S/c1-3-16-36-25-15-10-22(17-26(25)35-4-2)18-30-31-28(34)23-11-13-24(14-12-23)29-32(27(33)20-37-29)19-21-8-6-5-7-9-21/h5-15,17-18,29H,3-4,16,19-20H2,1-2H3,(H,31,34)/b30-18-/t29-/m1/s1. The molecule has 1 aliphatic rings. The van der Waals surface area contributed by atoms with Gasteiger partial charge in [-0.2, -0.15) is 5.10 Å². The Labute approximate surface area is 221 Å². The lowest BCUT2D eigenvalue weighted by molar-refractivity contribution is -0.128. The van der Waals surface area contributed by atoms with Crippen LogP contribution in [-0.2, 0) is 11.3 Å². The van der Waals surface area contributed by atoms with Crippen molar-refractivity contribution in [3.63, 3.8) is 0 Å². The normalized spacial score (nSPS) is 15.2. The molecule has 0 spiro atoms. The van der Waals surface area contributed by atoms with Crippen LogP contribution in [0.4, 0.5) is 0 Å². The fourth-order valence-corrected chi connectivity index (χ4v) is 5.10. The van der Waals surface area contributed by atoms with Crippen LogP contribution in [0.5, 0.6) is 11.5 Å². The molecule has 1 fully saturated rings. The van der Waals surface area contributed by atoms with Crippen molar-refractivity contribution in [1.82, 2.24) is 10.3 Å². The zero-order valence-corrected chi connectivity index (χ0v) is 21.9. The van der Waals surface area contributed by atoms with Crippen LogP contribution in [0.1, 0.15) is 52.7 Å². The van der Waals surface area contributed by atoms with Crippen LogP contribution in [-0.4, -0.2) is 41.9 Å². The second kappa shape index (κ2) is 13.0. The van der Waals surface area contributed by atoms with Crippen molar-refractivity contribution < 1.29 is 19.1 Å². The number of rotatable bonds is 11. The van der Waals surface area contributed by atoms with E-state index in [0.717, 1.165) is 23.1 Å². The lowest BCUT2D eigenvalue weighted by Crippen LogP contribution is -2.27. The van der Waals surface area contributed by atoms with Crippen molar-refractivity contribution in [2.45, 2.75) is 32.2 Å². The van der Waals surface area contributed by atoms with Gasteiger partial charge < -0.3 is 14.4 Å². The average molecular weight is 518 g/mol. The topological polar surface area (TPSA) is 80.2 Å². The molecule has 1 N–H and O–H groups in total. The maximum Gasteiger partial charge on any atom is 0.271 e. The summed E-state index contributed by atoms with van der Waals surface area (Å²) in [5.41, 5.74) is 5.92. The quantitative estimate of drug-likeness (QED) is 0.272. The molecule has 4 rings (SSSR count). The Bertz CT molecular complexity index is 1230. The second-order valence-corrected chi connectivity index (χ2v) is 9.55. The van der Waals surface area contributed by atoms with Gasteiger partial charge >= 0.3 is 0 Å². The lowest BCUT2D eigenvalue weighted by Gasteiger charge is -2.24. The van der Waals surface area contributed by atoms with Gasteiger partial charge in [-0.1, -0.05) is 49.4 Å². The Morgan fingerprint density at radius 3 is 2.57 bits per heavy atom. The molecule has 8 heteroatoms. The molecule has 0 aromatic heterocycles. The molecule has 0 bridgehead atoms. The number of carbonyl (C=O) groups excluding carboxylic acids is 2. The zero-order chi connectivity index (χ0) is 26.0. The van der Waals surface area contributed by atoms with E-state index < -0.39 is 0 Å². The fourth-order valence-electron chi connectivity index (χ4n) is 3.91. The largest absolute Gasteiger partial charge is 0.490 e. The summed E-state index contributed by atoms with van der Waals surface area (Å²) in [4.78, 5) is 27.0. The Hall–Kier alpha value is -3.78. The van der Waals surface area contributed by atoms with Gasteiger partial charge in [0.05, 0.1) is 25.2 Å². The molecule has 37 heavy (non-hydrogen) atoms. The van der Waals surface area contributed by atoms with Crippen LogP contribution in [0.3, 0.4) is 0 Å². The van der Waals surface area contributed by atoms with Crippen LogP contribution in [0, 0.1) is 0 Å². The number of hydrogen-bond donors (Lipinski definition) is 1. The first kappa shape index (κ1) is 26.3. The highest BCUT2D eigenvalue weighted by Gasteiger charge is 2.32. The maximum absolute atomic E-state index is 12.6. The molecule has 1 atom stereocenters. The number of ether oxygens (including phenoxy) is 2. The third kappa shape index (κ3) is 6.92. The summed E-state index contributed by atoms with van der Waals surface area (Å²) in [6.45, 7) is 5.66. The molecular formula is C29H31N3O4S. The first-order valence-corrected chi connectivity index (χ1v) is 13.4. The number of nitrogens with zero attached hydrogens (tertiary/aromatic N) is 2.